The fourth-order valence-corrected chi connectivity index (χ4v) is 2.96. The van der Waals surface area contributed by atoms with Gasteiger partial charge in [-0.15, -0.1) is 0 Å². The van der Waals surface area contributed by atoms with Crippen molar-refractivity contribution in [2.24, 2.45) is 12.2 Å². The monoisotopic (exact) mass is 341 g/mol. The van der Waals surface area contributed by atoms with Crippen molar-refractivity contribution in [3.8, 4) is 5.69 Å². The summed E-state index contributed by atoms with van der Waals surface area (Å²) in [7, 11) is 1.57. The fourth-order valence-electron chi connectivity index (χ4n) is 2.96. The van der Waals surface area contributed by atoms with Crippen LogP contribution in [0.25, 0.3) is 5.69 Å². The van der Waals surface area contributed by atoms with Crippen molar-refractivity contribution in [1.29, 1.82) is 0 Å². The molecule has 0 amide bonds. The van der Waals surface area contributed by atoms with Crippen LogP contribution in [-0.2, 0) is 18.5 Å². The third-order valence-corrected chi connectivity index (χ3v) is 4.50. The third-order valence-electron chi connectivity index (χ3n) is 4.50. The average molecular weight is 341 g/mol. The predicted octanol–water partition coefficient (Wildman–Crippen LogP) is 2.67. The van der Waals surface area contributed by atoms with E-state index in [0.29, 0.717) is 5.69 Å². The summed E-state index contributed by atoms with van der Waals surface area (Å²) >= 11 is 0. The first-order chi connectivity index (χ1) is 12.1. The van der Waals surface area contributed by atoms with E-state index < -0.39 is 0 Å². The van der Waals surface area contributed by atoms with Gasteiger partial charge in [0.2, 0.25) is 0 Å². The summed E-state index contributed by atoms with van der Waals surface area (Å²) in [5.41, 5.74) is 4.45. The van der Waals surface area contributed by atoms with Crippen molar-refractivity contribution in [3.63, 3.8) is 0 Å². The van der Waals surface area contributed by atoms with Gasteiger partial charge in [0, 0.05) is 12.6 Å². The molecular weight excluding hydrogens is 318 g/mol. The second-order valence-electron chi connectivity index (χ2n) is 6.29. The Balaban J connectivity index is 1.82. The summed E-state index contributed by atoms with van der Waals surface area (Å²) in [4.78, 5) is 17.7. The molecule has 3 rings (SSSR count). The van der Waals surface area contributed by atoms with Crippen LogP contribution in [-0.4, -0.2) is 25.5 Å². The summed E-state index contributed by atoms with van der Waals surface area (Å²) in [6.07, 6.45) is 6.86. The molecule has 2 aromatic rings. The SMILES string of the molecule is CC(=NOCc1c(C)cccc1-n1nnn(C)c1=O)C1=CCCCC1. The number of hydrogen-bond donors (Lipinski definition) is 0. The Bertz CT molecular complexity index is 876. The Morgan fingerprint density at radius 1 is 1.32 bits per heavy atom. The predicted molar refractivity (Wildman–Crippen MR) is 95.8 cm³/mol. The lowest BCUT2D eigenvalue weighted by Crippen LogP contribution is -2.23. The van der Waals surface area contributed by atoms with Gasteiger partial charge in [-0.3, -0.25) is 0 Å². The molecule has 0 atom stereocenters. The van der Waals surface area contributed by atoms with Crippen LogP contribution >= 0.6 is 0 Å². The molecule has 1 aliphatic rings. The molecule has 7 heteroatoms. The van der Waals surface area contributed by atoms with Gasteiger partial charge >= 0.3 is 5.69 Å². The molecule has 0 saturated carbocycles. The minimum absolute atomic E-state index is 0.273. The van der Waals surface area contributed by atoms with E-state index in [-0.39, 0.29) is 12.3 Å². The Kier molecular flexibility index (Phi) is 5.11. The van der Waals surface area contributed by atoms with Crippen molar-refractivity contribution >= 4 is 5.71 Å². The highest BCUT2D eigenvalue weighted by Crippen LogP contribution is 2.20. The first kappa shape index (κ1) is 17.1. The highest BCUT2D eigenvalue weighted by atomic mass is 16.6. The minimum atomic E-state index is -0.293. The molecular formula is C18H23N5O2. The summed E-state index contributed by atoms with van der Waals surface area (Å²) in [6, 6.07) is 5.70. The Morgan fingerprint density at radius 2 is 2.16 bits per heavy atom. The lowest BCUT2D eigenvalue weighted by molar-refractivity contribution is 0.130. The average Bonchev–Trinajstić information content (AvgIpc) is 2.96. The molecule has 0 saturated heterocycles. The maximum absolute atomic E-state index is 12.1. The number of benzene rings is 1. The van der Waals surface area contributed by atoms with Gasteiger partial charge in [0.1, 0.15) is 6.61 Å². The van der Waals surface area contributed by atoms with Gasteiger partial charge in [0.15, 0.2) is 0 Å². The quantitative estimate of drug-likeness (QED) is 0.619. The Hall–Kier alpha value is -2.70. The normalized spacial score (nSPS) is 15.2. The van der Waals surface area contributed by atoms with E-state index >= 15 is 0 Å². The van der Waals surface area contributed by atoms with Gasteiger partial charge in [0.25, 0.3) is 0 Å². The van der Waals surface area contributed by atoms with Gasteiger partial charge < -0.3 is 4.84 Å². The lowest BCUT2D eigenvalue weighted by Gasteiger charge is -2.13. The largest absolute Gasteiger partial charge is 0.391 e. The number of nitrogens with zero attached hydrogens (tertiary/aromatic N) is 5. The third kappa shape index (κ3) is 3.70. The number of aromatic nitrogens is 4. The molecule has 0 spiro atoms. The van der Waals surface area contributed by atoms with Crippen molar-refractivity contribution in [3.05, 3.63) is 51.5 Å². The van der Waals surface area contributed by atoms with E-state index in [9.17, 15) is 4.79 Å². The molecule has 1 aromatic heterocycles. The summed E-state index contributed by atoms with van der Waals surface area (Å²) in [6.45, 7) is 4.22. The van der Waals surface area contributed by atoms with E-state index in [1.54, 1.807) is 7.05 Å². The standard InChI is InChI=1S/C18H23N5O2/c1-13-8-7-11-17(23-18(24)22(3)20-21-23)16(13)12-25-19-14(2)15-9-5-4-6-10-15/h7-9,11H,4-6,10,12H2,1-3H3. The second-order valence-corrected chi connectivity index (χ2v) is 6.29. The van der Waals surface area contributed by atoms with Gasteiger partial charge in [-0.1, -0.05) is 23.4 Å². The molecule has 7 nitrogen and oxygen atoms in total. The van der Waals surface area contributed by atoms with Crippen LogP contribution in [0, 0.1) is 6.92 Å². The summed E-state index contributed by atoms with van der Waals surface area (Å²) < 4.78 is 2.48. The van der Waals surface area contributed by atoms with Crippen molar-refractivity contribution < 1.29 is 4.84 Å². The van der Waals surface area contributed by atoms with Crippen LogP contribution in [0.1, 0.15) is 43.7 Å². The molecule has 1 heterocycles. The molecule has 0 aliphatic heterocycles. The molecule has 0 fully saturated rings. The van der Waals surface area contributed by atoms with Gasteiger partial charge in [0.05, 0.1) is 11.4 Å². The zero-order chi connectivity index (χ0) is 17.8. The molecule has 0 radical (unpaired) electrons. The smallest absolute Gasteiger partial charge is 0.368 e. The molecule has 0 N–H and O–H groups in total. The van der Waals surface area contributed by atoms with Crippen LogP contribution in [0.5, 0.6) is 0 Å². The first-order valence-corrected chi connectivity index (χ1v) is 8.52. The van der Waals surface area contributed by atoms with Crippen LogP contribution in [0.2, 0.25) is 0 Å². The lowest BCUT2D eigenvalue weighted by atomic mass is 9.97. The van der Waals surface area contributed by atoms with Crippen molar-refractivity contribution in [2.75, 3.05) is 0 Å². The molecule has 1 aromatic carbocycles. The number of allylic oxidation sites excluding steroid dienone is 2. The van der Waals surface area contributed by atoms with Crippen molar-refractivity contribution in [2.45, 2.75) is 46.1 Å². The van der Waals surface area contributed by atoms with Crippen LogP contribution in [0.4, 0.5) is 0 Å². The zero-order valence-electron chi connectivity index (χ0n) is 14.9. The molecule has 0 unspecified atom stereocenters. The van der Waals surface area contributed by atoms with Crippen LogP contribution in [0.15, 0.2) is 39.8 Å². The molecule has 132 valence electrons. The van der Waals surface area contributed by atoms with Gasteiger partial charge in [-0.2, -0.15) is 9.36 Å². The maximum Gasteiger partial charge on any atom is 0.368 e. The van der Waals surface area contributed by atoms with Gasteiger partial charge in [-0.25, -0.2) is 4.79 Å². The topological polar surface area (TPSA) is 74.3 Å². The molecule has 25 heavy (non-hydrogen) atoms. The van der Waals surface area contributed by atoms with E-state index in [2.05, 4.69) is 21.7 Å². The number of tetrazole rings is 1. The van der Waals surface area contributed by atoms with Crippen LogP contribution in [0.3, 0.4) is 0 Å². The highest BCUT2D eigenvalue weighted by Gasteiger charge is 2.13. The number of oxime groups is 1. The van der Waals surface area contributed by atoms with E-state index in [4.69, 9.17) is 4.84 Å². The zero-order valence-corrected chi connectivity index (χ0v) is 14.9. The minimum Gasteiger partial charge on any atom is -0.391 e. The number of hydrogen-bond acceptors (Lipinski definition) is 5. The molecule has 0 bridgehead atoms. The Morgan fingerprint density at radius 3 is 2.84 bits per heavy atom. The highest BCUT2D eigenvalue weighted by molar-refractivity contribution is 5.97. The second kappa shape index (κ2) is 7.46. The summed E-state index contributed by atoms with van der Waals surface area (Å²) in [5, 5.41) is 12.0. The maximum atomic E-state index is 12.1. The van der Waals surface area contributed by atoms with Crippen LogP contribution < -0.4 is 5.69 Å². The molecule has 1 aliphatic carbocycles. The summed E-state index contributed by atoms with van der Waals surface area (Å²) in [5.74, 6) is 0. The van der Waals surface area contributed by atoms with E-state index in [1.165, 1.54) is 27.8 Å². The van der Waals surface area contributed by atoms with E-state index in [0.717, 1.165) is 29.7 Å². The fraction of sp³-hybridized carbons (Fsp3) is 0.444. The van der Waals surface area contributed by atoms with E-state index in [1.807, 2.05) is 32.0 Å². The number of aryl methyl sites for hydroxylation is 2. The first-order valence-electron chi connectivity index (χ1n) is 8.52. The van der Waals surface area contributed by atoms with Crippen molar-refractivity contribution in [1.82, 2.24) is 19.8 Å². The van der Waals surface area contributed by atoms with Gasteiger partial charge in [-0.05, 0) is 67.2 Å². The Labute approximate surface area is 146 Å². The number of rotatable bonds is 5.